The zero-order valence-corrected chi connectivity index (χ0v) is 15.1. The summed E-state index contributed by atoms with van der Waals surface area (Å²) in [7, 11) is 0. The van der Waals surface area contributed by atoms with Crippen molar-refractivity contribution in [3.05, 3.63) is 52.2 Å². The minimum absolute atomic E-state index is 0.191. The Balaban J connectivity index is 2.08. The molecule has 0 aromatic heterocycles. The van der Waals surface area contributed by atoms with Gasteiger partial charge < -0.3 is 20.1 Å². The van der Waals surface area contributed by atoms with E-state index in [0.29, 0.717) is 10.6 Å². The van der Waals surface area contributed by atoms with Crippen LogP contribution in [0.3, 0.4) is 0 Å². The zero-order valence-electron chi connectivity index (χ0n) is 14.4. The quantitative estimate of drug-likeness (QED) is 0.585. The highest BCUT2D eigenvalue weighted by atomic mass is 35.5. The number of amides is 2. The lowest BCUT2D eigenvalue weighted by Gasteiger charge is -2.26. The minimum Gasteiger partial charge on any atom is -0.463 e. The van der Waals surface area contributed by atoms with Crippen LogP contribution in [0.1, 0.15) is 19.4 Å². The zero-order chi connectivity index (χ0) is 19.1. The van der Waals surface area contributed by atoms with Crippen LogP contribution in [0, 0.1) is 0 Å². The van der Waals surface area contributed by atoms with Crippen molar-refractivity contribution in [1.82, 2.24) is 10.6 Å². The van der Waals surface area contributed by atoms with Crippen molar-refractivity contribution in [2.75, 3.05) is 13.2 Å². The summed E-state index contributed by atoms with van der Waals surface area (Å²) in [5.74, 6) is -1.22. The summed E-state index contributed by atoms with van der Waals surface area (Å²) >= 11 is 6.01. The van der Waals surface area contributed by atoms with E-state index in [0.717, 1.165) is 0 Å². The lowest BCUT2D eigenvalue weighted by molar-refractivity contribution is -0.140. The number of hydrogen-bond donors (Lipinski definition) is 2. The second kappa shape index (κ2) is 9.05. The highest BCUT2D eigenvalue weighted by Gasteiger charge is 2.30. The summed E-state index contributed by atoms with van der Waals surface area (Å²) in [5.41, 5.74) is 1.08. The average molecular weight is 379 g/mol. The molecular weight excluding hydrogens is 360 g/mol. The first-order valence-electron chi connectivity index (χ1n) is 7.99. The molecule has 0 spiro atoms. The number of hydrogen-bond acceptors (Lipinski definition) is 5. The van der Waals surface area contributed by atoms with Gasteiger partial charge in [-0.3, -0.25) is 0 Å². The molecule has 26 heavy (non-hydrogen) atoms. The molecule has 7 nitrogen and oxygen atoms in total. The summed E-state index contributed by atoms with van der Waals surface area (Å²) in [6, 6.07) is 5.98. The molecule has 0 aliphatic carbocycles. The molecule has 0 saturated heterocycles. The normalized spacial score (nSPS) is 16.9. The molecule has 1 unspecified atom stereocenters. The van der Waals surface area contributed by atoms with Gasteiger partial charge in [0.05, 0.1) is 23.9 Å². The summed E-state index contributed by atoms with van der Waals surface area (Å²) < 4.78 is 10.1. The largest absolute Gasteiger partial charge is 0.463 e. The molecular formula is C18H19ClN2O5. The number of halogens is 1. The van der Waals surface area contributed by atoms with Crippen LogP contribution in [0.2, 0.25) is 5.02 Å². The van der Waals surface area contributed by atoms with Crippen LogP contribution in [-0.4, -0.2) is 37.2 Å². The molecule has 1 aliphatic rings. The van der Waals surface area contributed by atoms with Gasteiger partial charge in [0, 0.05) is 11.1 Å². The maximum Gasteiger partial charge on any atom is 0.338 e. The number of carbonyl (C=O) groups is 3. The topological polar surface area (TPSA) is 93.7 Å². The van der Waals surface area contributed by atoms with Crippen LogP contribution in [-0.2, 0) is 19.1 Å². The number of urea groups is 1. The van der Waals surface area contributed by atoms with Crippen LogP contribution in [0.25, 0.3) is 6.08 Å². The van der Waals surface area contributed by atoms with Gasteiger partial charge in [0.25, 0.3) is 0 Å². The number of carbonyl (C=O) groups excluding carboxylic acids is 3. The SMILES string of the molecule is CCOC(=O)C1=C(COC(=O)/C=C/c2ccccc2Cl)NC(=O)NC1C. The van der Waals surface area contributed by atoms with Gasteiger partial charge >= 0.3 is 18.0 Å². The molecule has 1 aromatic carbocycles. The molecule has 0 saturated carbocycles. The molecule has 0 bridgehead atoms. The van der Waals surface area contributed by atoms with Crippen LogP contribution in [0.4, 0.5) is 4.79 Å². The monoisotopic (exact) mass is 378 g/mol. The lowest BCUT2D eigenvalue weighted by Crippen LogP contribution is -2.50. The number of esters is 2. The van der Waals surface area contributed by atoms with Crippen LogP contribution >= 0.6 is 11.6 Å². The second-order valence-corrected chi connectivity index (χ2v) is 5.80. The Labute approximate surface area is 156 Å². The number of ether oxygens (including phenoxy) is 2. The Morgan fingerprint density at radius 2 is 2.00 bits per heavy atom. The first-order valence-corrected chi connectivity index (χ1v) is 8.37. The third-order valence-electron chi connectivity index (χ3n) is 3.53. The summed E-state index contributed by atoms with van der Waals surface area (Å²) in [4.78, 5) is 35.6. The second-order valence-electron chi connectivity index (χ2n) is 5.40. The minimum atomic E-state index is -0.638. The van der Waals surface area contributed by atoms with E-state index in [2.05, 4.69) is 10.6 Å². The third kappa shape index (κ3) is 5.10. The molecule has 2 rings (SSSR count). The Bertz CT molecular complexity index is 773. The van der Waals surface area contributed by atoms with Crippen LogP contribution in [0.15, 0.2) is 41.6 Å². The van der Waals surface area contributed by atoms with E-state index in [1.807, 2.05) is 0 Å². The first kappa shape index (κ1) is 19.5. The maximum atomic E-state index is 12.1. The summed E-state index contributed by atoms with van der Waals surface area (Å²) in [6.07, 6.45) is 2.74. The fourth-order valence-corrected chi connectivity index (χ4v) is 2.55. The van der Waals surface area contributed by atoms with Crippen molar-refractivity contribution >= 4 is 35.6 Å². The van der Waals surface area contributed by atoms with Gasteiger partial charge in [-0.15, -0.1) is 0 Å². The number of rotatable bonds is 6. The molecule has 1 atom stereocenters. The van der Waals surface area contributed by atoms with E-state index in [1.165, 1.54) is 12.2 Å². The number of nitrogens with one attached hydrogen (secondary N) is 2. The molecule has 8 heteroatoms. The van der Waals surface area contributed by atoms with Crippen molar-refractivity contribution in [2.24, 2.45) is 0 Å². The molecule has 0 radical (unpaired) electrons. The van der Waals surface area contributed by atoms with E-state index in [-0.39, 0.29) is 24.5 Å². The Kier molecular flexibility index (Phi) is 6.80. The van der Waals surface area contributed by atoms with Gasteiger partial charge in [-0.1, -0.05) is 29.8 Å². The maximum absolute atomic E-state index is 12.1. The van der Waals surface area contributed by atoms with Gasteiger partial charge in [-0.05, 0) is 31.6 Å². The van der Waals surface area contributed by atoms with Crippen molar-refractivity contribution < 1.29 is 23.9 Å². The van der Waals surface area contributed by atoms with E-state index >= 15 is 0 Å². The van der Waals surface area contributed by atoms with Gasteiger partial charge in [-0.25, -0.2) is 14.4 Å². The summed E-state index contributed by atoms with van der Waals surface area (Å²) in [5, 5.41) is 5.55. The van der Waals surface area contributed by atoms with Crippen LogP contribution in [0.5, 0.6) is 0 Å². The van der Waals surface area contributed by atoms with Gasteiger partial charge in [0.1, 0.15) is 6.61 Å². The van der Waals surface area contributed by atoms with E-state index in [9.17, 15) is 14.4 Å². The predicted octanol–water partition coefficient (Wildman–Crippen LogP) is 2.41. The molecule has 1 aromatic rings. The van der Waals surface area contributed by atoms with Crippen molar-refractivity contribution in [3.8, 4) is 0 Å². The third-order valence-corrected chi connectivity index (χ3v) is 3.87. The van der Waals surface area contributed by atoms with Gasteiger partial charge in [0.2, 0.25) is 0 Å². The number of benzene rings is 1. The van der Waals surface area contributed by atoms with Crippen molar-refractivity contribution in [2.45, 2.75) is 19.9 Å². The molecule has 1 aliphatic heterocycles. The predicted molar refractivity (Wildman–Crippen MR) is 96.2 cm³/mol. The lowest BCUT2D eigenvalue weighted by atomic mass is 10.0. The van der Waals surface area contributed by atoms with Crippen molar-refractivity contribution in [1.29, 1.82) is 0 Å². The Morgan fingerprint density at radius 3 is 2.69 bits per heavy atom. The highest BCUT2D eigenvalue weighted by Crippen LogP contribution is 2.17. The van der Waals surface area contributed by atoms with Gasteiger partial charge in [0.15, 0.2) is 0 Å². The van der Waals surface area contributed by atoms with Crippen LogP contribution < -0.4 is 10.6 Å². The fraction of sp³-hybridized carbons (Fsp3) is 0.278. The average Bonchev–Trinajstić information content (AvgIpc) is 2.58. The Morgan fingerprint density at radius 1 is 1.27 bits per heavy atom. The first-order chi connectivity index (χ1) is 12.4. The fourth-order valence-electron chi connectivity index (χ4n) is 2.35. The standard InChI is InChI=1S/C18H19ClN2O5/c1-3-25-17(23)16-11(2)20-18(24)21-14(16)10-26-15(22)9-8-12-6-4-5-7-13(12)19/h4-9,11H,3,10H2,1-2H3,(H2,20,21,24)/b9-8+. The van der Waals surface area contributed by atoms with Crippen molar-refractivity contribution in [3.63, 3.8) is 0 Å². The van der Waals surface area contributed by atoms with E-state index in [1.54, 1.807) is 38.1 Å². The van der Waals surface area contributed by atoms with E-state index < -0.39 is 24.0 Å². The molecule has 2 N–H and O–H groups in total. The van der Waals surface area contributed by atoms with Gasteiger partial charge in [-0.2, -0.15) is 0 Å². The molecule has 1 heterocycles. The smallest absolute Gasteiger partial charge is 0.338 e. The molecule has 0 fully saturated rings. The summed E-state index contributed by atoms with van der Waals surface area (Å²) in [6.45, 7) is 3.25. The van der Waals surface area contributed by atoms with E-state index in [4.69, 9.17) is 21.1 Å². The molecule has 2 amide bonds. The molecule has 138 valence electrons. The highest BCUT2D eigenvalue weighted by molar-refractivity contribution is 6.32. The Hall–Kier alpha value is -2.80.